The van der Waals surface area contributed by atoms with Crippen LogP contribution in [0.1, 0.15) is 209 Å². The van der Waals surface area contributed by atoms with Crippen molar-refractivity contribution in [2.45, 2.75) is 262 Å². The number of aryl methyl sites for hydroxylation is 8. The molecule has 128 heavy (non-hydrogen) atoms. The number of nitrogens with zero attached hydrogens (tertiary/aromatic N) is 32. The average molecular weight is 1920 g/mol. The van der Waals surface area contributed by atoms with Gasteiger partial charge in [-0.1, -0.05) is 251 Å². The minimum absolute atomic E-state index is 0.190. The number of anilines is 8. The molecule has 16 aromatic heterocycles. The molecule has 16 N–H and O–H groups in total. The average Bonchev–Trinajstić information content (AvgIpc) is 1.72. The van der Waals surface area contributed by atoms with Gasteiger partial charge in [-0.25, -0.2) is 39.9 Å². The number of halogens is 8. The van der Waals surface area contributed by atoms with Crippen LogP contribution in [-0.4, -0.2) is 156 Å². The van der Waals surface area contributed by atoms with Gasteiger partial charge in [-0.3, -0.25) is 0 Å². The van der Waals surface area contributed by atoms with Gasteiger partial charge in [-0.15, -0.1) is 0 Å². The molecule has 0 atom stereocenters. The lowest BCUT2D eigenvalue weighted by molar-refractivity contribution is 0.610. The van der Waals surface area contributed by atoms with Crippen LogP contribution >= 0.6 is 92.8 Å². The lowest BCUT2D eigenvalue weighted by Gasteiger charge is -2.03. The van der Waals surface area contributed by atoms with E-state index in [-0.39, 0.29) is 47.6 Å². The van der Waals surface area contributed by atoms with Crippen LogP contribution in [0.25, 0.3) is 89.3 Å². The van der Waals surface area contributed by atoms with Crippen LogP contribution in [0, 0.1) is 0 Å². The molecule has 0 saturated carbocycles. The number of hydrogen-bond donors (Lipinski definition) is 8. The second-order valence-electron chi connectivity index (χ2n) is 29.5. The van der Waals surface area contributed by atoms with E-state index >= 15 is 0 Å². The number of nitrogen functional groups attached to an aromatic ring is 8. The fourth-order valence-electron chi connectivity index (χ4n) is 13.0. The van der Waals surface area contributed by atoms with Crippen molar-refractivity contribution in [3.63, 3.8) is 0 Å². The Morgan fingerprint density at radius 1 is 0.172 bits per heavy atom. The van der Waals surface area contributed by atoms with Crippen LogP contribution in [0.5, 0.6) is 0 Å². The number of imidazole rings is 8. The number of aromatic nitrogens is 32. The van der Waals surface area contributed by atoms with E-state index in [1.165, 1.54) is 103 Å². The van der Waals surface area contributed by atoms with Gasteiger partial charge in [0.2, 0.25) is 47.6 Å². The van der Waals surface area contributed by atoms with Gasteiger partial charge in [-0.05, 0) is 51.4 Å². The Morgan fingerprint density at radius 3 is 0.367 bits per heavy atom. The summed E-state index contributed by atoms with van der Waals surface area (Å²) in [6.45, 7) is 24.4. The minimum atomic E-state index is 0.190. The Kier molecular flexibility index (Phi) is 40.5. The van der Waals surface area contributed by atoms with Crippen molar-refractivity contribution in [2.24, 2.45) is 0 Å². The van der Waals surface area contributed by atoms with E-state index in [9.17, 15) is 0 Å². The highest BCUT2D eigenvalue weighted by atomic mass is 35.5. The highest BCUT2D eigenvalue weighted by Crippen LogP contribution is 2.28. The van der Waals surface area contributed by atoms with Gasteiger partial charge in [-0.2, -0.15) is 79.7 Å². The number of hydrogen-bond acceptors (Lipinski definition) is 32. The molecule has 0 spiro atoms. The van der Waals surface area contributed by atoms with E-state index in [0.717, 1.165) is 104 Å². The molecule has 16 heterocycles. The van der Waals surface area contributed by atoms with Gasteiger partial charge in [0.25, 0.3) is 0 Å². The first-order valence-corrected chi connectivity index (χ1v) is 45.9. The first-order valence-electron chi connectivity index (χ1n) is 42.9. The molecule has 0 aromatic carbocycles. The molecule has 0 unspecified atom stereocenters. The standard InChI is InChI=1S/8C10H14ClN5/c8*1-2-3-4-5-16-6-13-7-8(11)14-10(12)15-9(7)16/h8*6H,2-5H2,1H3,(H2,12,14,15). The summed E-state index contributed by atoms with van der Waals surface area (Å²) in [6.07, 6.45) is 41.7. The van der Waals surface area contributed by atoms with E-state index < -0.39 is 0 Å². The summed E-state index contributed by atoms with van der Waals surface area (Å²) in [5, 5.41) is 2.53. The van der Waals surface area contributed by atoms with Gasteiger partial charge < -0.3 is 82.4 Å². The highest BCUT2D eigenvalue weighted by Gasteiger charge is 2.19. The van der Waals surface area contributed by atoms with E-state index in [1.807, 2.05) is 36.5 Å². The predicted molar refractivity (Wildman–Crippen MR) is 514 cm³/mol. The molecule has 0 amide bonds. The third-order valence-electron chi connectivity index (χ3n) is 19.5. The molecule has 0 aliphatic carbocycles. The maximum Gasteiger partial charge on any atom is 0.223 e. The van der Waals surface area contributed by atoms with Crippen LogP contribution in [0.4, 0.5) is 47.6 Å². The van der Waals surface area contributed by atoms with Crippen LogP contribution in [0.15, 0.2) is 50.6 Å². The quantitative estimate of drug-likeness (QED) is 0.0143. The maximum atomic E-state index is 5.93. The summed E-state index contributed by atoms with van der Waals surface area (Å²) in [7, 11) is 0. The Bertz CT molecular complexity index is 5050. The Balaban J connectivity index is 0.000000165. The smallest absolute Gasteiger partial charge is 0.223 e. The van der Waals surface area contributed by atoms with Crippen molar-refractivity contribution in [3.8, 4) is 0 Å². The first-order chi connectivity index (χ1) is 61.8. The molecule has 0 fully saturated rings. The summed E-state index contributed by atoms with van der Waals surface area (Å²) < 4.78 is 15.7. The third kappa shape index (κ3) is 28.6. The monoisotopic (exact) mass is 1910 g/mol. The van der Waals surface area contributed by atoms with Crippen molar-refractivity contribution >= 4 is 230 Å². The zero-order valence-corrected chi connectivity index (χ0v) is 79.2. The number of rotatable bonds is 32. The molecule has 48 heteroatoms. The van der Waals surface area contributed by atoms with Crippen molar-refractivity contribution in [3.05, 3.63) is 91.8 Å². The minimum Gasteiger partial charge on any atom is -0.368 e. The van der Waals surface area contributed by atoms with Gasteiger partial charge >= 0.3 is 0 Å². The lowest BCUT2D eigenvalue weighted by atomic mass is 10.2. The van der Waals surface area contributed by atoms with Crippen molar-refractivity contribution in [1.29, 1.82) is 0 Å². The number of unbranched alkanes of at least 4 members (excludes halogenated alkanes) is 16. The number of fused-ring (bicyclic) bond motifs is 8. The predicted octanol–water partition coefficient (Wildman–Crippen LogP) is 18.0. The van der Waals surface area contributed by atoms with Crippen molar-refractivity contribution < 1.29 is 0 Å². The summed E-state index contributed by atoms with van der Waals surface area (Å²) in [5.74, 6) is 1.52. The largest absolute Gasteiger partial charge is 0.368 e. The van der Waals surface area contributed by atoms with E-state index in [1.54, 1.807) is 50.6 Å². The van der Waals surface area contributed by atoms with E-state index in [2.05, 4.69) is 175 Å². The summed E-state index contributed by atoms with van der Waals surface area (Å²) in [4.78, 5) is 97.7. The molecular weight excluding hydrogens is 1800 g/mol. The molecular formula is C80H112Cl8N40. The maximum absolute atomic E-state index is 5.93. The lowest BCUT2D eigenvalue weighted by Crippen LogP contribution is -2.01. The molecule has 688 valence electrons. The van der Waals surface area contributed by atoms with Gasteiger partial charge in [0.15, 0.2) is 86.4 Å². The molecule has 0 aliphatic heterocycles. The Morgan fingerprint density at radius 2 is 0.273 bits per heavy atom. The normalized spacial score (nSPS) is 11.1. The topological polar surface area (TPSA) is 557 Å². The summed E-state index contributed by atoms with van der Waals surface area (Å²) >= 11 is 47.4. The molecule has 0 radical (unpaired) electrons. The van der Waals surface area contributed by atoms with Crippen LogP contribution in [0.2, 0.25) is 41.2 Å². The Hall–Kier alpha value is -10.9. The fourth-order valence-corrected chi connectivity index (χ4v) is 14.7. The van der Waals surface area contributed by atoms with Gasteiger partial charge in [0.1, 0.15) is 44.1 Å². The second kappa shape index (κ2) is 51.3. The van der Waals surface area contributed by atoms with Crippen LogP contribution in [0.3, 0.4) is 0 Å². The van der Waals surface area contributed by atoms with Gasteiger partial charge in [0.05, 0.1) is 50.6 Å². The summed E-state index contributed by atoms with van der Waals surface area (Å²) in [5.41, 5.74) is 55.2. The van der Waals surface area contributed by atoms with E-state index in [4.69, 9.17) is 139 Å². The molecule has 40 nitrogen and oxygen atoms in total. The third-order valence-corrected chi connectivity index (χ3v) is 21.6. The molecule has 0 saturated heterocycles. The van der Waals surface area contributed by atoms with E-state index in [0.29, 0.717) is 131 Å². The molecule has 0 bridgehead atoms. The number of nitrogens with two attached hydrogens (primary N) is 8. The first kappa shape index (κ1) is 101. The second-order valence-corrected chi connectivity index (χ2v) is 32.4. The molecule has 0 aliphatic rings. The van der Waals surface area contributed by atoms with Crippen LogP contribution in [-0.2, 0) is 52.4 Å². The zero-order chi connectivity index (χ0) is 92.3. The SMILES string of the molecule is CCCCCn1cnc2c(Cl)nc(N)nc21.CCCCCn1cnc2c(Cl)nc(N)nc21.CCCCCn1cnc2c(Cl)nc(N)nc21.CCCCCn1cnc2c(Cl)nc(N)nc21.CCCCCn1cnc2c(Cl)nc(N)nc21.CCCCCn1cnc2c(Cl)nc(N)nc21.CCCCCn1cnc2c(Cl)nc(N)nc21.CCCCCn1cnc2c(Cl)nc(N)nc21. The Labute approximate surface area is 780 Å². The molecule has 16 rings (SSSR count). The zero-order valence-electron chi connectivity index (χ0n) is 73.2. The summed E-state index contributed by atoms with van der Waals surface area (Å²) in [6, 6.07) is 0. The van der Waals surface area contributed by atoms with Crippen LogP contribution < -0.4 is 45.9 Å². The van der Waals surface area contributed by atoms with Crippen molar-refractivity contribution in [1.82, 2.24) is 156 Å². The van der Waals surface area contributed by atoms with Crippen molar-refractivity contribution in [2.75, 3.05) is 45.9 Å². The highest BCUT2D eigenvalue weighted by molar-refractivity contribution is 6.36. The molecule has 16 aromatic rings. The van der Waals surface area contributed by atoms with Gasteiger partial charge in [0, 0.05) is 52.4 Å². The fraction of sp³-hybridized carbons (Fsp3) is 0.500.